The molecule has 0 radical (unpaired) electrons. The smallest absolute Gasteiger partial charge is 0.236 e. The van der Waals surface area contributed by atoms with Gasteiger partial charge in [0, 0.05) is 21.4 Å². The van der Waals surface area contributed by atoms with E-state index in [1.807, 2.05) is 48.0 Å². The third-order valence-electron chi connectivity index (χ3n) is 6.77. The van der Waals surface area contributed by atoms with Crippen LogP contribution in [0.5, 0.6) is 0 Å². The van der Waals surface area contributed by atoms with E-state index >= 15 is 0 Å². The van der Waals surface area contributed by atoms with Crippen LogP contribution < -0.4 is 5.32 Å². The van der Waals surface area contributed by atoms with Gasteiger partial charge in [0.1, 0.15) is 5.82 Å². The molecule has 2 aliphatic rings. The Kier molecular flexibility index (Phi) is 5.46. The SMILES string of the molecule is Cc1ccc(-n2nc3c(c2NC(=O)C2(c4ccc(Cl)cc4)CCCC2)C[S@@](=O)C3)c(C)c1. The Morgan fingerprint density at radius 1 is 1.09 bits per heavy atom. The number of nitrogens with zero attached hydrogens (tertiary/aromatic N) is 2. The van der Waals surface area contributed by atoms with Gasteiger partial charge >= 0.3 is 0 Å². The summed E-state index contributed by atoms with van der Waals surface area (Å²) in [6.45, 7) is 4.10. The summed E-state index contributed by atoms with van der Waals surface area (Å²) in [4.78, 5) is 13.9. The molecule has 1 aromatic heterocycles. The van der Waals surface area contributed by atoms with E-state index in [2.05, 4.69) is 18.3 Å². The molecule has 1 amide bonds. The van der Waals surface area contributed by atoms with E-state index in [9.17, 15) is 9.00 Å². The molecular formula is C25H26ClN3O2S. The maximum absolute atomic E-state index is 13.9. The lowest BCUT2D eigenvalue weighted by Crippen LogP contribution is -2.38. The molecule has 0 saturated heterocycles. The van der Waals surface area contributed by atoms with E-state index in [0.29, 0.717) is 22.3 Å². The lowest BCUT2D eigenvalue weighted by Gasteiger charge is -2.29. The summed E-state index contributed by atoms with van der Waals surface area (Å²) in [5.41, 5.74) is 5.28. The van der Waals surface area contributed by atoms with Crippen LogP contribution in [-0.2, 0) is 32.5 Å². The lowest BCUT2D eigenvalue weighted by molar-refractivity contribution is -0.121. The monoisotopic (exact) mass is 467 g/mol. The molecule has 1 aliphatic heterocycles. The highest BCUT2D eigenvalue weighted by atomic mass is 35.5. The Hall–Kier alpha value is -2.44. The molecule has 0 unspecified atom stereocenters. The van der Waals surface area contributed by atoms with Crippen molar-refractivity contribution in [3.63, 3.8) is 0 Å². The van der Waals surface area contributed by atoms with Gasteiger partial charge in [0.25, 0.3) is 0 Å². The molecular weight excluding hydrogens is 442 g/mol. The molecule has 0 bridgehead atoms. The number of aryl methyl sites for hydroxylation is 2. The Bertz CT molecular complexity index is 1230. The number of hydrogen-bond donors (Lipinski definition) is 1. The first-order chi connectivity index (χ1) is 15.4. The van der Waals surface area contributed by atoms with Gasteiger partial charge in [0.05, 0.1) is 28.3 Å². The summed E-state index contributed by atoms with van der Waals surface area (Å²) in [5.74, 6) is 1.48. The average molecular weight is 468 g/mol. The Labute approximate surface area is 195 Å². The van der Waals surface area contributed by atoms with Crippen LogP contribution in [0.1, 0.15) is 53.6 Å². The topological polar surface area (TPSA) is 64.0 Å². The minimum Gasteiger partial charge on any atom is -0.310 e. The van der Waals surface area contributed by atoms with Gasteiger partial charge in [-0.3, -0.25) is 9.00 Å². The van der Waals surface area contributed by atoms with Crippen molar-refractivity contribution in [3.8, 4) is 5.69 Å². The van der Waals surface area contributed by atoms with Crippen LogP contribution in [0.2, 0.25) is 5.02 Å². The predicted octanol–water partition coefficient (Wildman–Crippen LogP) is 5.36. The summed E-state index contributed by atoms with van der Waals surface area (Å²) in [7, 11) is -0.980. The minimum absolute atomic E-state index is 0.0243. The van der Waals surface area contributed by atoms with E-state index in [1.165, 1.54) is 5.56 Å². The van der Waals surface area contributed by atoms with Crippen molar-refractivity contribution in [2.45, 2.75) is 56.5 Å². The van der Waals surface area contributed by atoms with E-state index in [4.69, 9.17) is 16.7 Å². The zero-order valence-electron chi connectivity index (χ0n) is 18.3. The summed E-state index contributed by atoms with van der Waals surface area (Å²) in [6.07, 6.45) is 3.61. The first-order valence-corrected chi connectivity index (χ1v) is 12.8. The van der Waals surface area contributed by atoms with Crippen LogP contribution in [0.15, 0.2) is 42.5 Å². The number of carbonyl (C=O) groups excluding carboxylic acids is 1. The maximum atomic E-state index is 13.9. The maximum Gasteiger partial charge on any atom is 0.236 e. The van der Waals surface area contributed by atoms with Crippen LogP contribution in [0.4, 0.5) is 5.82 Å². The first-order valence-electron chi connectivity index (χ1n) is 11.0. The number of hydrogen-bond acceptors (Lipinski definition) is 3. The number of amides is 1. The number of anilines is 1. The number of benzene rings is 2. The van der Waals surface area contributed by atoms with E-state index in [1.54, 1.807) is 0 Å². The molecule has 166 valence electrons. The number of halogens is 1. The standard InChI is InChI=1S/C25H26ClN3O2S/c1-16-5-10-22(17(2)13-16)29-23(20-14-32(31)15-21(20)28-29)27-24(30)25(11-3-4-12-25)18-6-8-19(26)9-7-18/h5-10,13H,3-4,11-12,14-15H2,1-2H3,(H,27,30)/t32-/m1/s1. The van der Waals surface area contributed by atoms with Crippen molar-refractivity contribution in [2.75, 3.05) is 5.32 Å². The summed E-state index contributed by atoms with van der Waals surface area (Å²) in [5, 5.41) is 8.68. The fourth-order valence-electron chi connectivity index (χ4n) is 5.09. The zero-order chi connectivity index (χ0) is 22.5. The molecule has 1 aliphatic carbocycles. The van der Waals surface area contributed by atoms with Gasteiger partial charge in [-0.25, -0.2) is 4.68 Å². The molecule has 32 heavy (non-hydrogen) atoms. The zero-order valence-corrected chi connectivity index (χ0v) is 19.9. The van der Waals surface area contributed by atoms with Crippen LogP contribution in [0, 0.1) is 13.8 Å². The second-order valence-electron chi connectivity index (χ2n) is 8.95. The second-order valence-corrected chi connectivity index (χ2v) is 10.8. The second kappa shape index (κ2) is 8.16. The number of rotatable bonds is 4. The van der Waals surface area contributed by atoms with E-state index < -0.39 is 16.2 Å². The van der Waals surface area contributed by atoms with Crippen molar-refractivity contribution >= 4 is 34.1 Å². The summed E-state index contributed by atoms with van der Waals surface area (Å²) in [6, 6.07) is 13.8. The van der Waals surface area contributed by atoms with Crippen molar-refractivity contribution in [2.24, 2.45) is 0 Å². The van der Waals surface area contributed by atoms with Crippen LogP contribution in [0.3, 0.4) is 0 Å². The Balaban J connectivity index is 1.58. The highest BCUT2D eigenvalue weighted by molar-refractivity contribution is 7.83. The van der Waals surface area contributed by atoms with E-state index in [-0.39, 0.29) is 5.91 Å². The van der Waals surface area contributed by atoms with Crippen molar-refractivity contribution < 1.29 is 9.00 Å². The molecule has 1 atom stereocenters. The van der Waals surface area contributed by atoms with E-state index in [0.717, 1.165) is 53.8 Å². The van der Waals surface area contributed by atoms with Gasteiger partial charge in [-0.15, -0.1) is 0 Å². The highest BCUT2D eigenvalue weighted by Gasteiger charge is 2.43. The van der Waals surface area contributed by atoms with Gasteiger partial charge in [-0.05, 0) is 56.0 Å². The molecule has 7 heteroatoms. The number of aromatic nitrogens is 2. The fraction of sp³-hybridized carbons (Fsp3) is 0.360. The normalized spacial score (nSPS) is 19.2. The van der Waals surface area contributed by atoms with Crippen LogP contribution in [-0.4, -0.2) is 19.9 Å². The molecule has 3 aromatic rings. The van der Waals surface area contributed by atoms with Crippen molar-refractivity contribution in [1.82, 2.24) is 9.78 Å². The molecule has 1 N–H and O–H groups in total. The largest absolute Gasteiger partial charge is 0.310 e. The highest BCUT2D eigenvalue weighted by Crippen LogP contribution is 2.43. The minimum atomic E-state index is -0.980. The number of fused-ring (bicyclic) bond motifs is 1. The Morgan fingerprint density at radius 2 is 1.81 bits per heavy atom. The van der Waals surface area contributed by atoms with Gasteiger partial charge in [0.2, 0.25) is 5.91 Å². The van der Waals surface area contributed by atoms with Crippen LogP contribution >= 0.6 is 11.6 Å². The number of nitrogens with one attached hydrogen (secondary N) is 1. The fourth-order valence-corrected chi connectivity index (χ4v) is 6.49. The van der Waals surface area contributed by atoms with Crippen LogP contribution in [0.25, 0.3) is 5.69 Å². The van der Waals surface area contributed by atoms with Crippen molar-refractivity contribution in [1.29, 1.82) is 0 Å². The van der Waals surface area contributed by atoms with Crippen molar-refractivity contribution in [3.05, 3.63) is 75.4 Å². The van der Waals surface area contributed by atoms with Gasteiger partial charge in [0.15, 0.2) is 0 Å². The summed E-state index contributed by atoms with van der Waals surface area (Å²) >= 11 is 6.11. The third kappa shape index (κ3) is 3.59. The lowest BCUT2D eigenvalue weighted by atomic mass is 9.78. The quantitative estimate of drug-likeness (QED) is 0.562. The molecule has 0 spiro atoms. The molecule has 2 aromatic carbocycles. The predicted molar refractivity (Wildman–Crippen MR) is 129 cm³/mol. The average Bonchev–Trinajstić information content (AvgIpc) is 3.45. The first kappa shape index (κ1) is 21.4. The number of carbonyl (C=O) groups is 1. The molecule has 1 fully saturated rings. The summed E-state index contributed by atoms with van der Waals surface area (Å²) < 4.78 is 14.1. The molecule has 1 saturated carbocycles. The molecule has 5 rings (SSSR count). The molecule has 2 heterocycles. The Morgan fingerprint density at radius 3 is 2.50 bits per heavy atom. The third-order valence-corrected chi connectivity index (χ3v) is 8.23. The molecule has 5 nitrogen and oxygen atoms in total. The van der Waals surface area contributed by atoms with Gasteiger partial charge in [-0.1, -0.05) is 54.3 Å². The van der Waals surface area contributed by atoms with Gasteiger partial charge in [-0.2, -0.15) is 5.10 Å². The van der Waals surface area contributed by atoms with Gasteiger partial charge < -0.3 is 5.32 Å².